The van der Waals surface area contributed by atoms with Gasteiger partial charge >= 0.3 is 0 Å². The lowest BCUT2D eigenvalue weighted by atomic mass is 10.0. The van der Waals surface area contributed by atoms with Crippen molar-refractivity contribution in [1.29, 1.82) is 0 Å². The molecule has 2 aromatic rings. The van der Waals surface area contributed by atoms with Crippen molar-refractivity contribution in [2.24, 2.45) is 0 Å². The second kappa shape index (κ2) is 8.01. The Labute approximate surface area is 136 Å². The zero-order valence-electron chi connectivity index (χ0n) is 12.2. The highest BCUT2D eigenvalue weighted by atomic mass is 32.2. The lowest BCUT2D eigenvalue weighted by molar-refractivity contribution is 0.415. The Bertz CT molecular complexity index is 615. The Balaban J connectivity index is 2.26. The Kier molecular flexibility index (Phi) is 6.03. The molecule has 0 atom stereocenters. The van der Waals surface area contributed by atoms with Crippen LogP contribution in [0.2, 0.25) is 0 Å². The van der Waals surface area contributed by atoms with Crippen molar-refractivity contribution in [3.63, 3.8) is 0 Å². The second-order valence-electron chi connectivity index (χ2n) is 4.60. The van der Waals surface area contributed by atoms with E-state index < -0.39 is 0 Å². The van der Waals surface area contributed by atoms with E-state index in [1.165, 1.54) is 11.1 Å². The van der Waals surface area contributed by atoms with E-state index in [0.717, 1.165) is 21.9 Å². The summed E-state index contributed by atoms with van der Waals surface area (Å²) in [5, 5.41) is 0. The van der Waals surface area contributed by atoms with E-state index in [9.17, 15) is 0 Å². The molecule has 3 heteroatoms. The van der Waals surface area contributed by atoms with Crippen molar-refractivity contribution in [2.45, 2.75) is 6.42 Å². The number of hydrogen-bond acceptors (Lipinski definition) is 3. The number of ether oxygens (including phenoxy) is 1. The lowest BCUT2D eigenvalue weighted by Crippen LogP contribution is -1.99. The van der Waals surface area contributed by atoms with Crippen LogP contribution in [0.25, 0.3) is 6.08 Å². The smallest absolute Gasteiger partial charge is 0.118 e. The minimum atomic E-state index is 0.854. The van der Waals surface area contributed by atoms with Gasteiger partial charge in [0.15, 0.2) is 0 Å². The number of thiocarbonyl (C=S) groups is 1. The van der Waals surface area contributed by atoms with Gasteiger partial charge in [-0.15, -0.1) is 11.8 Å². The maximum absolute atomic E-state index is 5.49. The highest BCUT2D eigenvalue weighted by Gasteiger charge is 2.06. The summed E-state index contributed by atoms with van der Waals surface area (Å²) in [6.07, 6.45) is 5.03. The van der Waals surface area contributed by atoms with Gasteiger partial charge in [0.2, 0.25) is 0 Å². The van der Waals surface area contributed by atoms with Crippen LogP contribution in [0.3, 0.4) is 0 Å². The van der Waals surface area contributed by atoms with E-state index >= 15 is 0 Å². The van der Waals surface area contributed by atoms with Gasteiger partial charge in [0.05, 0.1) is 11.3 Å². The summed E-state index contributed by atoms with van der Waals surface area (Å²) >= 11 is 7.11. The third-order valence-electron chi connectivity index (χ3n) is 3.14. The first-order valence-corrected chi connectivity index (χ1v) is 8.33. The molecule has 0 saturated heterocycles. The summed E-state index contributed by atoms with van der Waals surface area (Å²) in [4.78, 5) is 0. The van der Waals surface area contributed by atoms with Crippen LogP contribution in [0, 0.1) is 0 Å². The van der Waals surface area contributed by atoms with Gasteiger partial charge in [-0.25, -0.2) is 0 Å². The zero-order chi connectivity index (χ0) is 15.1. The fraction of sp³-hybridized carbons (Fsp3) is 0.167. The van der Waals surface area contributed by atoms with Crippen molar-refractivity contribution in [3.8, 4) is 5.75 Å². The third-order valence-corrected chi connectivity index (χ3v) is 4.54. The largest absolute Gasteiger partial charge is 0.497 e. The monoisotopic (exact) mass is 314 g/mol. The third kappa shape index (κ3) is 4.73. The van der Waals surface area contributed by atoms with E-state index in [4.69, 9.17) is 17.0 Å². The number of hydrogen-bond donors (Lipinski definition) is 0. The van der Waals surface area contributed by atoms with Gasteiger partial charge in [0.1, 0.15) is 5.75 Å². The summed E-state index contributed by atoms with van der Waals surface area (Å²) in [5.41, 5.74) is 3.58. The van der Waals surface area contributed by atoms with E-state index in [-0.39, 0.29) is 0 Å². The molecule has 0 unspecified atom stereocenters. The molecular weight excluding hydrogens is 296 g/mol. The minimum Gasteiger partial charge on any atom is -0.497 e. The predicted molar refractivity (Wildman–Crippen MR) is 97.2 cm³/mol. The van der Waals surface area contributed by atoms with Crippen molar-refractivity contribution in [1.82, 2.24) is 0 Å². The van der Waals surface area contributed by atoms with Gasteiger partial charge in [-0.3, -0.25) is 0 Å². The molecular formula is C18H18OS2. The van der Waals surface area contributed by atoms with Gasteiger partial charge in [-0.1, -0.05) is 54.7 Å². The van der Waals surface area contributed by atoms with E-state index in [1.54, 1.807) is 18.9 Å². The fourth-order valence-electron chi connectivity index (χ4n) is 2.03. The molecule has 0 aromatic heterocycles. The fourth-order valence-corrected chi connectivity index (χ4v) is 2.55. The van der Waals surface area contributed by atoms with Gasteiger partial charge in [0.25, 0.3) is 0 Å². The maximum Gasteiger partial charge on any atom is 0.118 e. The second-order valence-corrected chi connectivity index (χ2v) is 6.08. The highest BCUT2D eigenvalue weighted by molar-refractivity contribution is 8.23. The van der Waals surface area contributed by atoms with Crippen LogP contribution in [0.1, 0.15) is 11.1 Å². The van der Waals surface area contributed by atoms with Crippen molar-refractivity contribution in [2.75, 3.05) is 13.4 Å². The van der Waals surface area contributed by atoms with Crippen molar-refractivity contribution < 1.29 is 4.74 Å². The number of benzene rings is 2. The van der Waals surface area contributed by atoms with E-state index in [1.807, 2.05) is 36.6 Å². The SMILES string of the molecule is COc1ccc(/C=C(\Cc2ccccc2)C(=S)SC)cc1. The normalized spacial score (nSPS) is 11.2. The molecule has 0 aliphatic heterocycles. The Morgan fingerprint density at radius 1 is 1.10 bits per heavy atom. The van der Waals surface area contributed by atoms with Crippen LogP contribution in [0.4, 0.5) is 0 Å². The van der Waals surface area contributed by atoms with Gasteiger partial charge in [0, 0.05) is 0 Å². The van der Waals surface area contributed by atoms with Crippen LogP contribution in [-0.4, -0.2) is 17.6 Å². The molecule has 0 saturated carbocycles. The van der Waals surface area contributed by atoms with E-state index in [2.05, 4.69) is 30.3 Å². The summed E-state index contributed by atoms with van der Waals surface area (Å²) in [6, 6.07) is 18.4. The van der Waals surface area contributed by atoms with Crippen LogP contribution < -0.4 is 4.74 Å². The zero-order valence-corrected chi connectivity index (χ0v) is 13.8. The van der Waals surface area contributed by atoms with Crippen molar-refractivity contribution in [3.05, 3.63) is 71.3 Å². The minimum absolute atomic E-state index is 0.854. The molecule has 0 spiro atoms. The Hall–Kier alpha value is -1.58. The Morgan fingerprint density at radius 2 is 1.76 bits per heavy atom. The molecule has 21 heavy (non-hydrogen) atoms. The molecule has 0 amide bonds. The molecule has 0 heterocycles. The van der Waals surface area contributed by atoms with E-state index in [0.29, 0.717) is 0 Å². The molecule has 1 nitrogen and oxygen atoms in total. The van der Waals surface area contributed by atoms with Crippen LogP contribution in [0.5, 0.6) is 5.75 Å². The van der Waals surface area contributed by atoms with Crippen LogP contribution in [-0.2, 0) is 6.42 Å². The molecule has 2 rings (SSSR count). The molecule has 108 valence electrons. The van der Waals surface area contributed by atoms with Crippen LogP contribution in [0.15, 0.2) is 60.2 Å². The standard InChI is InChI=1S/C18H18OS2/c1-19-17-10-8-15(9-11-17)13-16(18(20)21-2)12-14-6-4-3-5-7-14/h3-11,13H,12H2,1-2H3/b16-13+. The molecule has 0 radical (unpaired) electrons. The number of rotatable bonds is 5. The van der Waals surface area contributed by atoms with Crippen molar-refractivity contribution >= 4 is 34.3 Å². The van der Waals surface area contributed by atoms with Crippen LogP contribution >= 0.6 is 24.0 Å². The quantitative estimate of drug-likeness (QED) is 0.567. The molecule has 0 aliphatic carbocycles. The predicted octanol–water partition coefficient (Wildman–Crippen LogP) is 5.01. The molecule has 0 bridgehead atoms. The van der Waals surface area contributed by atoms with Gasteiger partial charge in [-0.05, 0) is 47.6 Å². The van der Waals surface area contributed by atoms with Gasteiger partial charge < -0.3 is 4.74 Å². The first kappa shape index (κ1) is 15.8. The maximum atomic E-state index is 5.49. The molecule has 0 fully saturated rings. The average molecular weight is 314 g/mol. The first-order chi connectivity index (χ1) is 10.2. The first-order valence-electron chi connectivity index (χ1n) is 6.70. The number of methoxy groups -OCH3 is 1. The molecule has 0 aliphatic rings. The average Bonchev–Trinajstić information content (AvgIpc) is 2.55. The summed E-state index contributed by atoms with van der Waals surface area (Å²) in [6.45, 7) is 0. The lowest BCUT2D eigenvalue weighted by Gasteiger charge is -2.08. The molecule has 2 aromatic carbocycles. The summed E-state index contributed by atoms with van der Waals surface area (Å²) in [7, 11) is 1.68. The highest BCUT2D eigenvalue weighted by Crippen LogP contribution is 2.20. The van der Waals surface area contributed by atoms with Gasteiger partial charge in [-0.2, -0.15) is 0 Å². The topological polar surface area (TPSA) is 9.23 Å². The summed E-state index contributed by atoms with van der Waals surface area (Å²) < 4.78 is 6.13. The number of thioether (sulfide) groups is 1. The summed E-state index contributed by atoms with van der Waals surface area (Å²) in [5.74, 6) is 0.865. The Morgan fingerprint density at radius 3 is 2.33 bits per heavy atom. The molecule has 0 N–H and O–H groups in total.